The maximum Gasteiger partial charge on any atom is 0.241 e. The lowest BCUT2D eigenvalue weighted by molar-refractivity contribution is -0.123. The minimum absolute atomic E-state index is 0.0882. The summed E-state index contributed by atoms with van der Waals surface area (Å²) in [6.07, 6.45) is 0. The number of nitrogens with two attached hydrogens (primary N) is 1. The second kappa shape index (κ2) is 6.68. The Labute approximate surface area is 127 Å². The molecular weight excluding hydrogens is 316 g/mol. The van der Waals surface area contributed by atoms with Crippen molar-refractivity contribution in [3.05, 3.63) is 70.2 Å². The second-order valence-corrected chi connectivity index (χ2v) is 5.59. The molecule has 0 radical (unpaired) electrons. The zero-order chi connectivity index (χ0) is 14.5. The predicted molar refractivity (Wildman–Crippen MR) is 84.1 cm³/mol. The molecule has 0 spiro atoms. The SMILES string of the molecule is C[C@H](NC(=O)C(N)c1ccccc1)c1cccc(Br)c1. The lowest BCUT2D eigenvalue weighted by Gasteiger charge is -2.18. The van der Waals surface area contributed by atoms with E-state index in [0.29, 0.717) is 0 Å². The summed E-state index contributed by atoms with van der Waals surface area (Å²) in [5, 5.41) is 2.94. The first-order valence-electron chi connectivity index (χ1n) is 6.44. The first-order chi connectivity index (χ1) is 9.58. The third-order valence-corrected chi connectivity index (χ3v) is 3.64. The zero-order valence-corrected chi connectivity index (χ0v) is 12.8. The van der Waals surface area contributed by atoms with Crippen LogP contribution in [-0.4, -0.2) is 5.91 Å². The van der Waals surface area contributed by atoms with Crippen molar-refractivity contribution in [3.8, 4) is 0 Å². The summed E-state index contributed by atoms with van der Waals surface area (Å²) in [4.78, 5) is 12.2. The normalized spacial score (nSPS) is 13.6. The van der Waals surface area contributed by atoms with Crippen molar-refractivity contribution in [2.75, 3.05) is 0 Å². The van der Waals surface area contributed by atoms with E-state index >= 15 is 0 Å². The second-order valence-electron chi connectivity index (χ2n) is 4.67. The van der Waals surface area contributed by atoms with Gasteiger partial charge in [-0.1, -0.05) is 58.4 Å². The minimum atomic E-state index is -0.647. The molecule has 0 aliphatic heterocycles. The molecule has 2 aromatic carbocycles. The number of carbonyl (C=O) groups excluding carboxylic acids is 1. The van der Waals surface area contributed by atoms with Gasteiger partial charge in [0, 0.05) is 4.47 Å². The standard InChI is InChI=1S/C16H17BrN2O/c1-11(13-8-5-9-14(17)10-13)19-16(20)15(18)12-6-3-2-4-7-12/h2-11,15H,18H2,1H3,(H,19,20)/t11-,15?/m0/s1. The monoisotopic (exact) mass is 332 g/mol. The van der Waals surface area contributed by atoms with Gasteiger partial charge in [-0.3, -0.25) is 4.79 Å². The number of rotatable bonds is 4. The van der Waals surface area contributed by atoms with Gasteiger partial charge in [-0.2, -0.15) is 0 Å². The molecule has 20 heavy (non-hydrogen) atoms. The summed E-state index contributed by atoms with van der Waals surface area (Å²) in [5.41, 5.74) is 7.82. The Morgan fingerprint density at radius 3 is 2.40 bits per heavy atom. The van der Waals surface area contributed by atoms with Crippen LogP contribution < -0.4 is 11.1 Å². The fourth-order valence-corrected chi connectivity index (χ4v) is 2.39. The Bertz CT molecular complexity index is 586. The first kappa shape index (κ1) is 14.8. The highest BCUT2D eigenvalue weighted by molar-refractivity contribution is 9.10. The molecular formula is C16H17BrN2O. The number of hydrogen-bond acceptors (Lipinski definition) is 2. The predicted octanol–water partition coefficient (Wildman–Crippen LogP) is 3.33. The van der Waals surface area contributed by atoms with E-state index < -0.39 is 6.04 Å². The maximum absolute atomic E-state index is 12.2. The van der Waals surface area contributed by atoms with Crippen LogP contribution in [0, 0.1) is 0 Å². The van der Waals surface area contributed by atoms with Gasteiger partial charge in [0.05, 0.1) is 6.04 Å². The zero-order valence-electron chi connectivity index (χ0n) is 11.2. The van der Waals surface area contributed by atoms with Gasteiger partial charge < -0.3 is 11.1 Å². The number of nitrogens with one attached hydrogen (secondary N) is 1. The largest absolute Gasteiger partial charge is 0.348 e. The molecule has 3 nitrogen and oxygen atoms in total. The Morgan fingerprint density at radius 2 is 1.75 bits per heavy atom. The van der Waals surface area contributed by atoms with Crippen LogP contribution in [0.15, 0.2) is 59.1 Å². The molecule has 1 amide bonds. The molecule has 0 heterocycles. The lowest BCUT2D eigenvalue weighted by atomic mass is 10.1. The van der Waals surface area contributed by atoms with E-state index in [1.807, 2.05) is 61.5 Å². The molecule has 0 saturated carbocycles. The molecule has 0 bridgehead atoms. The summed E-state index contributed by atoms with van der Waals surface area (Å²) in [6, 6.07) is 16.5. The highest BCUT2D eigenvalue weighted by Crippen LogP contribution is 2.19. The van der Waals surface area contributed by atoms with E-state index in [-0.39, 0.29) is 11.9 Å². The number of carbonyl (C=O) groups is 1. The Morgan fingerprint density at radius 1 is 1.10 bits per heavy atom. The number of benzene rings is 2. The number of halogens is 1. The highest BCUT2D eigenvalue weighted by Gasteiger charge is 2.18. The van der Waals surface area contributed by atoms with Crippen LogP contribution in [0.5, 0.6) is 0 Å². The average Bonchev–Trinajstić information content (AvgIpc) is 2.47. The van der Waals surface area contributed by atoms with Crippen molar-refractivity contribution >= 4 is 21.8 Å². The van der Waals surface area contributed by atoms with Crippen molar-refractivity contribution in [2.24, 2.45) is 5.73 Å². The van der Waals surface area contributed by atoms with Crippen LogP contribution in [0.3, 0.4) is 0 Å². The smallest absolute Gasteiger partial charge is 0.241 e. The van der Waals surface area contributed by atoms with Crippen LogP contribution in [0.25, 0.3) is 0 Å². The van der Waals surface area contributed by atoms with Crippen LogP contribution >= 0.6 is 15.9 Å². The maximum atomic E-state index is 12.2. The average molecular weight is 333 g/mol. The van der Waals surface area contributed by atoms with E-state index in [1.165, 1.54) is 0 Å². The van der Waals surface area contributed by atoms with Gasteiger partial charge in [0.25, 0.3) is 0 Å². The lowest BCUT2D eigenvalue weighted by Crippen LogP contribution is -2.35. The van der Waals surface area contributed by atoms with E-state index in [9.17, 15) is 4.79 Å². The highest BCUT2D eigenvalue weighted by atomic mass is 79.9. The molecule has 104 valence electrons. The van der Waals surface area contributed by atoms with Gasteiger partial charge in [-0.15, -0.1) is 0 Å². The van der Waals surface area contributed by atoms with Crippen molar-refractivity contribution in [1.29, 1.82) is 0 Å². The van der Waals surface area contributed by atoms with E-state index in [4.69, 9.17) is 5.73 Å². The van der Waals surface area contributed by atoms with Gasteiger partial charge in [0.15, 0.2) is 0 Å². The number of amides is 1. The van der Waals surface area contributed by atoms with Crippen LogP contribution in [-0.2, 0) is 4.79 Å². The van der Waals surface area contributed by atoms with Crippen LogP contribution in [0.2, 0.25) is 0 Å². The van der Waals surface area contributed by atoms with Crippen molar-refractivity contribution in [3.63, 3.8) is 0 Å². The molecule has 3 N–H and O–H groups in total. The molecule has 0 aromatic heterocycles. The van der Waals surface area contributed by atoms with Crippen molar-refractivity contribution in [1.82, 2.24) is 5.32 Å². The quantitative estimate of drug-likeness (QED) is 0.902. The molecule has 2 atom stereocenters. The van der Waals surface area contributed by atoms with Gasteiger partial charge in [0.2, 0.25) is 5.91 Å². The molecule has 4 heteroatoms. The van der Waals surface area contributed by atoms with E-state index in [2.05, 4.69) is 21.2 Å². The third-order valence-electron chi connectivity index (χ3n) is 3.15. The van der Waals surface area contributed by atoms with Crippen LogP contribution in [0.4, 0.5) is 0 Å². The molecule has 2 aromatic rings. The Kier molecular flexibility index (Phi) is 4.93. The molecule has 2 rings (SSSR count). The van der Waals surface area contributed by atoms with Gasteiger partial charge >= 0.3 is 0 Å². The third kappa shape index (κ3) is 3.68. The molecule has 0 aliphatic carbocycles. The molecule has 1 unspecified atom stereocenters. The summed E-state index contributed by atoms with van der Waals surface area (Å²) >= 11 is 3.42. The summed E-state index contributed by atoms with van der Waals surface area (Å²) in [6.45, 7) is 1.94. The Hall–Kier alpha value is -1.65. The number of hydrogen-bond donors (Lipinski definition) is 2. The minimum Gasteiger partial charge on any atom is -0.348 e. The van der Waals surface area contributed by atoms with E-state index in [1.54, 1.807) is 0 Å². The fraction of sp³-hybridized carbons (Fsp3) is 0.188. The fourth-order valence-electron chi connectivity index (χ4n) is 1.97. The molecule has 0 fully saturated rings. The molecule has 0 saturated heterocycles. The first-order valence-corrected chi connectivity index (χ1v) is 7.23. The van der Waals surface area contributed by atoms with Crippen molar-refractivity contribution in [2.45, 2.75) is 19.0 Å². The van der Waals surface area contributed by atoms with Gasteiger partial charge in [-0.05, 0) is 30.2 Å². The summed E-state index contributed by atoms with van der Waals surface area (Å²) in [5.74, 6) is -0.177. The van der Waals surface area contributed by atoms with Crippen molar-refractivity contribution < 1.29 is 4.79 Å². The van der Waals surface area contributed by atoms with Gasteiger partial charge in [-0.25, -0.2) is 0 Å². The topological polar surface area (TPSA) is 55.1 Å². The summed E-state index contributed by atoms with van der Waals surface area (Å²) < 4.78 is 0.989. The van der Waals surface area contributed by atoms with E-state index in [0.717, 1.165) is 15.6 Å². The summed E-state index contributed by atoms with van der Waals surface area (Å²) in [7, 11) is 0. The Balaban J connectivity index is 2.04. The van der Waals surface area contributed by atoms with Crippen LogP contribution in [0.1, 0.15) is 30.1 Å². The van der Waals surface area contributed by atoms with Gasteiger partial charge in [0.1, 0.15) is 6.04 Å². The molecule has 0 aliphatic rings.